The highest BCUT2D eigenvalue weighted by Crippen LogP contribution is 2.26. The molecule has 0 aliphatic rings. The molecule has 0 fully saturated rings. The molecular formula is C12H7BrClFN2O. The molecule has 1 N–H and O–H groups in total. The highest BCUT2D eigenvalue weighted by atomic mass is 79.9. The number of pyridine rings is 1. The van der Waals surface area contributed by atoms with E-state index >= 15 is 0 Å². The number of nitrogens with zero attached hydrogens (tertiary/aromatic N) is 1. The number of rotatable bonds is 2. The Labute approximate surface area is 116 Å². The van der Waals surface area contributed by atoms with Gasteiger partial charge in [-0.1, -0.05) is 11.6 Å². The van der Waals surface area contributed by atoms with Crippen molar-refractivity contribution < 1.29 is 9.18 Å². The maximum Gasteiger partial charge on any atom is 0.255 e. The molecule has 1 aromatic heterocycles. The van der Waals surface area contributed by atoms with E-state index in [0.29, 0.717) is 15.2 Å². The SMILES string of the molecule is O=C(Nc1ccc(Cl)cc1Br)c1ccnc(F)c1. The van der Waals surface area contributed by atoms with Crippen molar-refractivity contribution in [3.05, 3.63) is 57.5 Å². The molecule has 0 spiro atoms. The number of anilines is 1. The summed E-state index contributed by atoms with van der Waals surface area (Å²) in [5, 5.41) is 3.19. The number of halogens is 3. The third kappa shape index (κ3) is 3.05. The zero-order valence-electron chi connectivity index (χ0n) is 8.95. The molecule has 18 heavy (non-hydrogen) atoms. The Morgan fingerprint density at radius 1 is 1.33 bits per heavy atom. The normalized spacial score (nSPS) is 10.2. The predicted molar refractivity (Wildman–Crippen MR) is 71.3 cm³/mol. The highest BCUT2D eigenvalue weighted by Gasteiger charge is 2.09. The van der Waals surface area contributed by atoms with Crippen LogP contribution in [0.1, 0.15) is 10.4 Å². The fraction of sp³-hybridized carbons (Fsp3) is 0. The maximum atomic E-state index is 12.9. The summed E-state index contributed by atoms with van der Waals surface area (Å²) in [7, 11) is 0. The molecule has 0 aliphatic heterocycles. The summed E-state index contributed by atoms with van der Waals surface area (Å²) in [5.74, 6) is -1.11. The van der Waals surface area contributed by atoms with Gasteiger partial charge in [0.15, 0.2) is 0 Å². The number of benzene rings is 1. The molecule has 0 atom stereocenters. The Balaban J connectivity index is 2.21. The number of aromatic nitrogens is 1. The van der Waals surface area contributed by atoms with E-state index in [1.165, 1.54) is 12.3 Å². The third-order valence-electron chi connectivity index (χ3n) is 2.17. The molecule has 0 unspecified atom stereocenters. The Bertz CT molecular complexity index is 606. The van der Waals surface area contributed by atoms with Crippen LogP contribution in [0, 0.1) is 5.95 Å². The van der Waals surface area contributed by atoms with Crippen molar-refractivity contribution in [1.82, 2.24) is 4.98 Å². The molecule has 2 rings (SSSR count). The fourth-order valence-electron chi connectivity index (χ4n) is 1.33. The van der Waals surface area contributed by atoms with E-state index in [0.717, 1.165) is 6.07 Å². The molecule has 3 nitrogen and oxygen atoms in total. The minimum absolute atomic E-state index is 0.198. The van der Waals surface area contributed by atoms with Gasteiger partial charge >= 0.3 is 0 Å². The predicted octanol–water partition coefficient (Wildman–Crippen LogP) is 3.89. The van der Waals surface area contributed by atoms with Gasteiger partial charge in [0.2, 0.25) is 5.95 Å². The van der Waals surface area contributed by atoms with E-state index in [9.17, 15) is 9.18 Å². The van der Waals surface area contributed by atoms with Crippen LogP contribution in [-0.2, 0) is 0 Å². The average molecular weight is 330 g/mol. The Morgan fingerprint density at radius 3 is 2.78 bits per heavy atom. The van der Waals surface area contributed by atoms with Crippen molar-refractivity contribution in [1.29, 1.82) is 0 Å². The standard InChI is InChI=1S/C12H7BrClFN2O/c13-9-6-8(14)1-2-10(9)17-12(18)7-3-4-16-11(15)5-7/h1-6H,(H,17,18). The molecule has 0 saturated carbocycles. The van der Waals surface area contributed by atoms with E-state index in [2.05, 4.69) is 26.2 Å². The fourth-order valence-corrected chi connectivity index (χ4v) is 2.11. The smallest absolute Gasteiger partial charge is 0.255 e. The average Bonchev–Trinajstić information content (AvgIpc) is 2.32. The lowest BCUT2D eigenvalue weighted by Crippen LogP contribution is -2.12. The van der Waals surface area contributed by atoms with Gasteiger partial charge in [0, 0.05) is 27.3 Å². The van der Waals surface area contributed by atoms with Crippen LogP contribution in [0.15, 0.2) is 41.0 Å². The molecule has 6 heteroatoms. The summed E-state index contributed by atoms with van der Waals surface area (Å²) in [5.41, 5.74) is 0.756. The van der Waals surface area contributed by atoms with E-state index in [1.54, 1.807) is 18.2 Å². The highest BCUT2D eigenvalue weighted by molar-refractivity contribution is 9.10. The Hall–Kier alpha value is -1.46. The summed E-state index contributed by atoms with van der Waals surface area (Å²) in [6, 6.07) is 7.46. The molecule has 0 saturated heterocycles. The van der Waals surface area contributed by atoms with Crippen LogP contribution >= 0.6 is 27.5 Å². The van der Waals surface area contributed by atoms with Crippen LogP contribution in [0.25, 0.3) is 0 Å². The lowest BCUT2D eigenvalue weighted by molar-refractivity contribution is 0.102. The molecule has 92 valence electrons. The summed E-state index contributed by atoms with van der Waals surface area (Å²) in [4.78, 5) is 15.2. The summed E-state index contributed by atoms with van der Waals surface area (Å²) >= 11 is 9.07. The summed E-state index contributed by atoms with van der Waals surface area (Å²) < 4.78 is 13.5. The van der Waals surface area contributed by atoms with Crippen LogP contribution in [-0.4, -0.2) is 10.9 Å². The van der Waals surface area contributed by atoms with Gasteiger partial charge < -0.3 is 5.32 Å². The van der Waals surface area contributed by atoms with E-state index < -0.39 is 11.9 Å². The van der Waals surface area contributed by atoms with Crippen molar-refractivity contribution >= 4 is 39.1 Å². The first kappa shape index (κ1) is 13.0. The van der Waals surface area contributed by atoms with Gasteiger partial charge in [-0.2, -0.15) is 4.39 Å². The largest absolute Gasteiger partial charge is 0.321 e. The molecular weight excluding hydrogens is 322 g/mol. The number of carbonyl (C=O) groups excluding carboxylic acids is 1. The Kier molecular flexibility index (Phi) is 3.93. The van der Waals surface area contributed by atoms with E-state index in [1.807, 2.05) is 0 Å². The van der Waals surface area contributed by atoms with Crippen molar-refractivity contribution in [3.8, 4) is 0 Å². The maximum absolute atomic E-state index is 12.9. The van der Waals surface area contributed by atoms with Gasteiger partial charge in [-0.15, -0.1) is 0 Å². The second-order valence-corrected chi connectivity index (χ2v) is 4.74. The van der Waals surface area contributed by atoms with Crippen LogP contribution < -0.4 is 5.32 Å². The van der Waals surface area contributed by atoms with Gasteiger partial charge in [-0.25, -0.2) is 4.98 Å². The minimum atomic E-state index is -0.696. The number of carbonyl (C=O) groups is 1. The number of nitrogens with one attached hydrogen (secondary N) is 1. The topological polar surface area (TPSA) is 42.0 Å². The first-order valence-electron chi connectivity index (χ1n) is 4.94. The zero-order chi connectivity index (χ0) is 13.1. The van der Waals surface area contributed by atoms with Gasteiger partial charge in [0.1, 0.15) is 0 Å². The van der Waals surface area contributed by atoms with E-state index in [-0.39, 0.29) is 5.56 Å². The van der Waals surface area contributed by atoms with E-state index in [4.69, 9.17) is 11.6 Å². The second kappa shape index (κ2) is 5.46. The number of hydrogen-bond acceptors (Lipinski definition) is 2. The minimum Gasteiger partial charge on any atom is -0.321 e. The van der Waals surface area contributed by atoms with Gasteiger partial charge in [-0.3, -0.25) is 4.79 Å². The van der Waals surface area contributed by atoms with Crippen LogP contribution in [0.2, 0.25) is 5.02 Å². The van der Waals surface area contributed by atoms with Crippen LogP contribution in [0.4, 0.5) is 10.1 Å². The van der Waals surface area contributed by atoms with Crippen molar-refractivity contribution in [2.45, 2.75) is 0 Å². The van der Waals surface area contributed by atoms with Crippen molar-refractivity contribution in [2.75, 3.05) is 5.32 Å². The van der Waals surface area contributed by atoms with Gasteiger partial charge in [0.05, 0.1) is 5.69 Å². The van der Waals surface area contributed by atoms with Gasteiger partial charge in [-0.05, 0) is 40.2 Å². The number of amides is 1. The molecule has 1 aromatic carbocycles. The Morgan fingerprint density at radius 2 is 2.11 bits per heavy atom. The summed E-state index contributed by atoms with van der Waals surface area (Å²) in [6.45, 7) is 0. The van der Waals surface area contributed by atoms with Crippen LogP contribution in [0.5, 0.6) is 0 Å². The quantitative estimate of drug-likeness (QED) is 0.849. The third-order valence-corrected chi connectivity index (χ3v) is 3.06. The molecule has 2 aromatic rings. The van der Waals surface area contributed by atoms with Crippen molar-refractivity contribution in [3.63, 3.8) is 0 Å². The zero-order valence-corrected chi connectivity index (χ0v) is 11.3. The first-order valence-corrected chi connectivity index (χ1v) is 6.11. The second-order valence-electron chi connectivity index (χ2n) is 3.45. The van der Waals surface area contributed by atoms with Crippen LogP contribution in [0.3, 0.4) is 0 Å². The molecule has 1 amide bonds. The number of hydrogen-bond donors (Lipinski definition) is 1. The molecule has 0 bridgehead atoms. The summed E-state index contributed by atoms with van der Waals surface area (Å²) in [6.07, 6.45) is 1.24. The monoisotopic (exact) mass is 328 g/mol. The molecule has 0 radical (unpaired) electrons. The lowest BCUT2D eigenvalue weighted by Gasteiger charge is -2.07. The lowest BCUT2D eigenvalue weighted by atomic mass is 10.2. The van der Waals surface area contributed by atoms with Crippen molar-refractivity contribution in [2.24, 2.45) is 0 Å². The first-order chi connectivity index (χ1) is 8.56. The molecule has 0 aliphatic carbocycles. The van der Waals surface area contributed by atoms with Gasteiger partial charge in [0.25, 0.3) is 5.91 Å². The molecule has 1 heterocycles.